The molecule has 0 heterocycles. The Balaban J connectivity index is 2.05. The van der Waals surface area contributed by atoms with Gasteiger partial charge in [-0.2, -0.15) is 0 Å². The van der Waals surface area contributed by atoms with E-state index in [9.17, 15) is 14.9 Å². The van der Waals surface area contributed by atoms with Crippen LogP contribution in [0.1, 0.15) is 45.6 Å². The first-order valence-corrected chi connectivity index (χ1v) is 8.50. The van der Waals surface area contributed by atoms with Crippen molar-refractivity contribution in [3.8, 4) is 0 Å². The fourth-order valence-corrected chi connectivity index (χ4v) is 3.39. The Morgan fingerprint density at radius 3 is 2.71 bits per heavy atom. The van der Waals surface area contributed by atoms with Crippen LogP contribution in [0.25, 0.3) is 6.08 Å². The predicted molar refractivity (Wildman–Crippen MR) is 93.4 cm³/mol. The van der Waals surface area contributed by atoms with Gasteiger partial charge in [0.25, 0.3) is 5.69 Å². The number of para-hydroxylation sites is 1. The molecule has 0 N–H and O–H groups in total. The Labute approximate surface area is 142 Å². The predicted octanol–water partition coefficient (Wildman–Crippen LogP) is 4.61. The third kappa shape index (κ3) is 4.66. The van der Waals surface area contributed by atoms with Crippen LogP contribution < -0.4 is 0 Å². The molecule has 5 nitrogen and oxygen atoms in total. The number of ether oxygens (including phenoxy) is 1. The van der Waals surface area contributed by atoms with Crippen LogP contribution in [-0.2, 0) is 9.53 Å². The fraction of sp³-hybridized carbons (Fsp3) is 0.526. The van der Waals surface area contributed by atoms with E-state index in [0.717, 1.165) is 12.8 Å². The Morgan fingerprint density at radius 1 is 1.33 bits per heavy atom. The molecule has 1 aromatic rings. The lowest BCUT2D eigenvalue weighted by atomic mass is 9.75. The van der Waals surface area contributed by atoms with E-state index >= 15 is 0 Å². The summed E-state index contributed by atoms with van der Waals surface area (Å²) in [7, 11) is 0. The van der Waals surface area contributed by atoms with E-state index in [0.29, 0.717) is 23.3 Å². The lowest BCUT2D eigenvalue weighted by Crippen LogP contribution is -2.35. The van der Waals surface area contributed by atoms with Gasteiger partial charge in [0, 0.05) is 12.1 Å². The van der Waals surface area contributed by atoms with E-state index in [1.165, 1.54) is 24.6 Å². The number of benzene rings is 1. The third-order valence-electron chi connectivity index (χ3n) is 4.76. The monoisotopic (exact) mass is 331 g/mol. The SMILES string of the molecule is CC(C)[C@@H]1CC[C@@H](C)C[C@H]1OC(=O)/C=C/c1ccccc1[N+](=O)[O-]. The second-order valence-corrected chi connectivity index (χ2v) is 6.95. The lowest BCUT2D eigenvalue weighted by molar-refractivity contribution is -0.385. The van der Waals surface area contributed by atoms with E-state index in [-0.39, 0.29) is 11.8 Å². The minimum atomic E-state index is -0.456. The maximum atomic E-state index is 12.2. The molecule has 0 aromatic heterocycles. The highest BCUT2D eigenvalue weighted by Gasteiger charge is 2.32. The van der Waals surface area contributed by atoms with Gasteiger partial charge < -0.3 is 4.74 Å². The average molecular weight is 331 g/mol. The van der Waals surface area contributed by atoms with E-state index in [4.69, 9.17) is 4.74 Å². The van der Waals surface area contributed by atoms with Crippen LogP contribution in [0, 0.1) is 27.9 Å². The largest absolute Gasteiger partial charge is 0.459 e. The molecule has 0 unspecified atom stereocenters. The molecule has 0 amide bonds. The second kappa shape index (κ2) is 8.08. The van der Waals surface area contributed by atoms with Crippen LogP contribution in [0.4, 0.5) is 5.69 Å². The summed E-state index contributed by atoms with van der Waals surface area (Å²) in [5, 5.41) is 11.0. The number of nitro groups is 1. The van der Waals surface area contributed by atoms with Crippen molar-refractivity contribution in [2.45, 2.75) is 46.1 Å². The molecule has 1 fully saturated rings. The minimum Gasteiger partial charge on any atom is -0.459 e. The quantitative estimate of drug-likeness (QED) is 0.342. The summed E-state index contributed by atoms with van der Waals surface area (Å²) in [6, 6.07) is 6.34. The summed E-state index contributed by atoms with van der Waals surface area (Å²) in [5.74, 6) is 0.967. The Morgan fingerprint density at radius 2 is 2.04 bits per heavy atom. The number of nitro benzene ring substituents is 1. The van der Waals surface area contributed by atoms with Crippen molar-refractivity contribution in [2.75, 3.05) is 0 Å². The van der Waals surface area contributed by atoms with Crippen molar-refractivity contribution in [1.82, 2.24) is 0 Å². The van der Waals surface area contributed by atoms with E-state index < -0.39 is 10.9 Å². The summed E-state index contributed by atoms with van der Waals surface area (Å²) < 4.78 is 5.66. The molecule has 5 heteroatoms. The number of rotatable bonds is 5. The number of carbonyl (C=O) groups is 1. The highest BCUT2D eigenvalue weighted by atomic mass is 16.6. The van der Waals surface area contributed by atoms with Gasteiger partial charge in [0.2, 0.25) is 0 Å². The third-order valence-corrected chi connectivity index (χ3v) is 4.76. The zero-order valence-electron chi connectivity index (χ0n) is 14.5. The van der Waals surface area contributed by atoms with Crippen molar-refractivity contribution in [1.29, 1.82) is 0 Å². The van der Waals surface area contributed by atoms with Gasteiger partial charge in [-0.1, -0.05) is 39.3 Å². The van der Waals surface area contributed by atoms with Crippen molar-refractivity contribution in [3.63, 3.8) is 0 Å². The molecule has 1 saturated carbocycles. The summed E-state index contributed by atoms with van der Waals surface area (Å²) in [5.41, 5.74) is 0.379. The molecule has 0 saturated heterocycles. The number of esters is 1. The van der Waals surface area contributed by atoms with Gasteiger partial charge in [0.05, 0.1) is 10.5 Å². The molecule has 130 valence electrons. The van der Waals surface area contributed by atoms with E-state index in [2.05, 4.69) is 20.8 Å². The second-order valence-electron chi connectivity index (χ2n) is 6.95. The number of carbonyl (C=O) groups excluding carboxylic acids is 1. The van der Waals surface area contributed by atoms with Crippen molar-refractivity contribution in [3.05, 3.63) is 46.0 Å². The molecule has 2 rings (SSSR count). The Hall–Kier alpha value is -2.17. The Kier molecular flexibility index (Phi) is 6.12. The molecule has 0 spiro atoms. The first-order valence-electron chi connectivity index (χ1n) is 8.50. The van der Waals surface area contributed by atoms with E-state index in [1.807, 2.05) is 0 Å². The van der Waals surface area contributed by atoms with Crippen LogP contribution in [0.3, 0.4) is 0 Å². The molecule has 24 heavy (non-hydrogen) atoms. The zero-order valence-corrected chi connectivity index (χ0v) is 14.5. The maximum absolute atomic E-state index is 12.2. The van der Waals surface area contributed by atoms with Gasteiger partial charge in [-0.25, -0.2) is 4.79 Å². The maximum Gasteiger partial charge on any atom is 0.331 e. The first kappa shape index (κ1) is 18.2. The summed E-state index contributed by atoms with van der Waals surface area (Å²) in [4.78, 5) is 22.7. The fourth-order valence-electron chi connectivity index (χ4n) is 3.39. The van der Waals surface area contributed by atoms with Crippen LogP contribution >= 0.6 is 0 Å². The number of nitrogens with zero attached hydrogens (tertiary/aromatic N) is 1. The zero-order chi connectivity index (χ0) is 17.7. The molecule has 1 aromatic carbocycles. The molecule has 3 atom stereocenters. The van der Waals surface area contributed by atoms with Gasteiger partial charge in [0.15, 0.2) is 0 Å². The molecule has 0 radical (unpaired) electrons. The molecular weight excluding hydrogens is 306 g/mol. The Bertz CT molecular complexity index is 624. The van der Waals surface area contributed by atoms with Crippen molar-refractivity contribution < 1.29 is 14.5 Å². The van der Waals surface area contributed by atoms with Crippen LogP contribution in [0.2, 0.25) is 0 Å². The normalized spacial score (nSPS) is 24.2. The van der Waals surface area contributed by atoms with Gasteiger partial charge in [-0.15, -0.1) is 0 Å². The first-order chi connectivity index (χ1) is 11.4. The standard InChI is InChI=1S/C19H25NO4/c1-13(2)16-10-8-14(3)12-18(16)24-19(21)11-9-15-6-4-5-7-17(15)20(22)23/h4-7,9,11,13-14,16,18H,8,10,12H2,1-3H3/b11-9+/t14-,16+,18-/m1/s1. The summed E-state index contributed by atoms with van der Waals surface area (Å²) in [6.07, 6.45) is 5.80. The molecular formula is C19H25NO4. The lowest BCUT2D eigenvalue weighted by Gasteiger charge is -2.36. The van der Waals surface area contributed by atoms with Gasteiger partial charge >= 0.3 is 5.97 Å². The molecule has 1 aliphatic rings. The van der Waals surface area contributed by atoms with Crippen molar-refractivity contribution >= 4 is 17.7 Å². The van der Waals surface area contributed by atoms with Gasteiger partial charge in [-0.3, -0.25) is 10.1 Å². The summed E-state index contributed by atoms with van der Waals surface area (Å²) >= 11 is 0. The topological polar surface area (TPSA) is 69.4 Å². The molecule has 0 aliphatic heterocycles. The van der Waals surface area contributed by atoms with Crippen LogP contribution in [-0.4, -0.2) is 17.0 Å². The van der Waals surface area contributed by atoms with E-state index in [1.54, 1.807) is 18.2 Å². The number of hydrogen-bond donors (Lipinski definition) is 0. The average Bonchev–Trinajstić information content (AvgIpc) is 2.53. The minimum absolute atomic E-state index is 0.0205. The highest BCUT2D eigenvalue weighted by molar-refractivity contribution is 5.88. The molecule has 0 bridgehead atoms. The van der Waals surface area contributed by atoms with Crippen LogP contribution in [0.15, 0.2) is 30.3 Å². The smallest absolute Gasteiger partial charge is 0.331 e. The molecule has 1 aliphatic carbocycles. The highest BCUT2D eigenvalue weighted by Crippen LogP contribution is 2.35. The summed E-state index contributed by atoms with van der Waals surface area (Å²) in [6.45, 7) is 6.50. The van der Waals surface area contributed by atoms with Crippen molar-refractivity contribution in [2.24, 2.45) is 17.8 Å². The van der Waals surface area contributed by atoms with Gasteiger partial charge in [-0.05, 0) is 42.7 Å². The number of hydrogen-bond acceptors (Lipinski definition) is 4. The van der Waals surface area contributed by atoms with Gasteiger partial charge in [0.1, 0.15) is 6.10 Å². The van der Waals surface area contributed by atoms with Crippen LogP contribution in [0.5, 0.6) is 0 Å².